The van der Waals surface area contributed by atoms with Gasteiger partial charge in [0.05, 0.1) is 12.9 Å². The van der Waals surface area contributed by atoms with Crippen LogP contribution in [0, 0.1) is 6.92 Å². The number of amides is 1. The minimum Gasteiger partial charge on any atom is -0.496 e. The molecule has 0 aromatic heterocycles. The first kappa shape index (κ1) is 21.5. The molecule has 0 saturated carbocycles. The molecule has 2 aromatic carbocycles. The number of benzene rings is 2. The molecule has 0 spiro atoms. The van der Waals surface area contributed by atoms with Crippen molar-refractivity contribution in [3.8, 4) is 5.75 Å². The lowest BCUT2D eigenvalue weighted by atomic mass is 10.1. The molecule has 0 aliphatic rings. The number of methoxy groups -OCH3 is 1. The highest BCUT2D eigenvalue weighted by Gasteiger charge is 2.11. The quantitative estimate of drug-likeness (QED) is 0.511. The van der Waals surface area contributed by atoms with Gasteiger partial charge in [-0.15, -0.1) is 11.8 Å². The van der Waals surface area contributed by atoms with E-state index in [1.54, 1.807) is 31.4 Å². The number of carbonyl (C=O) groups excluding carboxylic acids is 3. The summed E-state index contributed by atoms with van der Waals surface area (Å²) in [6, 6.07) is 12.6. The van der Waals surface area contributed by atoms with E-state index in [1.807, 2.05) is 25.1 Å². The van der Waals surface area contributed by atoms with Gasteiger partial charge in [-0.25, -0.2) is 0 Å². The van der Waals surface area contributed by atoms with Crippen molar-refractivity contribution in [1.82, 2.24) is 0 Å². The Morgan fingerprint density at radius 3 is 2.57 bits per heavy atom. The molecule has 0 atom stereocenters. The smallest absolute Gasteiger partial charge is 0.316 e. The number of aryl methyl sites for hydroxylation is 1. The van der Waals surface area contributed by atoms with Crippen molar-refractivity contribution >= 4 is 35.1 Å². The van der Waals surface area contributed by atoms with Crippen molar-refractivity contribution in [3.63, 3.8) is 0 Å². The van der Waals surface area contributed by atoms with Gasteiger partial charge in [0.15, 0.2) is 12.4 Å². The Kier molecular flexibility index (Phi) is 8.07. The molecule has 0 bridgehead atoms. The highest BCUT2D eigenvalue weighted by atomic mass is 32.2. The van der Waals surface area contributed by atoms with Gasteiger partial charge in [-0.3, -0.25) is 14.4 Å². The molecule has 7 heteroatoms. The van der Waals surface area contributed by atoms with Gasteiger partial charge in [0.25, 0.3) is 5.91 Å². The van der Waals surface area contributed by atoms with Gasteiger partial charge in [0, 0.05) is 22.6 Å². The summed E-state index contributed by atoms with van der Waals surface area (Å²) in [7, 11) is 1.55. The van der Waals surface area contributed by atoms with E-state index in [-0.39, 0.29) is 24.1 Å². The van der Waals surface area contributed by atoms with Crippen LogP contribution >= 0.6 is 11.8 Å². The molecule has 0 aliphatic carbocycles. The van der Waals surface area contributed by atoms with E-state index in [0.717, 1.165) is 11.1 Å². The monoisotopic (exact) mass is 401 g/mol. The fraction of sp³-hybridized carbons (Fsp3) is 0.286. The highest BCUT2D eigenvalue weighted by molar-refractivity contribution is 7.99. The summed E-state index contributed by atoms with van der Waals surface area (Å²) in [5.74, 6) is 0.322. The summed E-state index contributed by atoms with van der Waals surface area (Å²) < 4.78 is 10.3. The Labute approximate surface area is 168 Å². The van der Waals surface area contributed by atoms with Crippen LogP contribution in [-0.2, 0) is 20.1 Å². The van der Waals surface area contributed by atoms with Crippen molar-refractivity contribution in [2.75, 3.05) is 24.8 Å². The van der Waals surface area contributed by atoms with E-state index in [2.05, 4.69) is 5.32 Å². The van der Waals surface area contributed by atoms with Gasteiger partial charge >= 0.3 is 5.97 Å². The third-order valence-electron chi connectivity index (χ3n) is 3.83. The third-order valence-corrected chi connectivity index (χ3v) is 4.79. The van der Waals surface area contributed by atoms with Gasteiger partial charge in [-0.2, -0.15) is 0 Å². The zero-order valence-corrected chi connectivity index (χ0v) is 16.9. The Morgan fingerprint density at radius 1 is 1.11 bits per heavy atom. The zero-order valence-electron chi connectivity index (χ0n) is 16.1. The van der Waals surface area contributed by atoms with Crippen molar-refractivity contribution in [2.45, 2.75) is 19.6 Å². The van der Waals surface area contributed by atoms with E-state index in [0.29, 0.717) is 22.8 Å². The zero-order chi connectivity index (χ0) is 20.5. The lowest BCUT2D eigenvalue weighted by molar-refractivity contribution is -0.144. The Balaban J connectivity index is 1.77. The van der Waals surface area contributed by atoms with Crippen molar-refractivity contribution < 1.29 is 23.9 Å². The summed E-state index contributed by atoms with van der Waals surface area (Å²) >= 11 is 1.32. The van der Waals surface area contributed by atoms with Crippen LogP contribution in [0.3, 0.4) is 0 Å². The molecule has 148 valence electrons. The molecule has 6 nitrogen and oxygen atoms in total. The normalized spacial score (nSPS) is 10.2. The molecule has 1 N–H and O–H groups in total. The molecule has 0 heterocycles. The predicted octanol–water partition coefficient (Wildman–Crippen LogP) is 3.62. The number of anilines is 1. The first-order valence-electron chi connectivity index (χ1n) is 8.66. The maximum absolute atomic E-state index is 11.9. The second-order valence-electron chi connectivity index (χ2n) is 6.15. The standard InChI is InChI=1S/C21H23NO5S/c1-14-5-4-6-18(9-14)22-20(24)11-27-21(25)13-28-12-17-10-16(15(2)23)7-8-19(17)26-3/h4-10H,11-13H2,1-3H3,(H,22,24). The predicted molar refractivity (Wildman–Crippen MR) is 110 cm³/mol. The van der Waals surface area contributed by atoms with Crippen LogP contribution in [0.25, 0.3) is 0 Å². The molecule has 0 fully saturated rings. The first-order valence-corrected chi connectivity index (χ1v) is 9.82. The van der Waals surface area contributed by atoms with Gasteiger partial charge in [0.1, 0.15) is 5.75 Å². The number of nitrogens with one attached hydrogen (secondary N) is 1. The van der Waals surface area contributed by atoms with E-state index < -0.39 is 5.97 Å². The number of thioether (sulfide) groups is 1. The second kappa shape index (κ2) is 10.5. The van der Waals surface area contributed by atoms with Crippen LogP contribution in [0.2, 0.25) is 0 Å². The van der Waals surface area contributed by atoms with E-state index in [9.17, 15) is 14.4 Å². The van der Waals surface area contributed by atoms with Gasteiger partial charge in [-0.05, 0) is 49.7 Å². The number of hydrogen-bond donors (Lipinski definition) is 1. The van der Waals surface area contributed by atoms with Crippen LogP contribution in [0.5, 0.6) is 5.75 Å². The van der Waals surface area contributed by atoms with Crippen molar-refractivity contribution in [1.29, 1.82) is 0 Å². The summed E-state index contributed by atoms with van der Waals surface area (Å²) in [4.78, 5) is 35.2. The maximum Gasteiger partial charge on any atom is 0.316 e. The molecule has 0 saturated heterocycles. The third kappa shape index (κ3) is 6.74. The van der Waals surface area contributed by atoms with Crippen LogP contribution < -0.4 is 10.1 Å². The number of ketones is 1. The molecular formula is C21H23NO5S. The van der Waals surface area contributed by atoms with Gasteiger partial charge < -0.3 is 14.8 Å². The van der Waals surface area contributed by atoms with E-state index >= 15 is 0 Å². The Morgan fingerprint density at radius 2 is 1.89 bits per heavy atom. The largest absolute Gasteiger partial charge is 0.496 e. The van der Waals surface area contributed by atoms with Crippen molar-refractivity contribution in [2.24, 2.45) is 0 Å². The average Bonchev–Trinajstić information content (AvgIpc) is 2.66. The highest BCUT2D eigenvalue weighted by Crippen LogP contribution is 2.25. The lowest BCUT2D eigenvalue weighted by Crippen LogP contribution is -2.21. The molecule has 0 radical (unpaired) electrons. The van der Waals surface area contributed by atoms with Gasteiger partial charge in [-0.1, -0.05) is 12.1 Å². The molecule has 2 aromatic rings. The summed E-state index contributed by atoms with van der Waals surface area (Å²) in [5, 5.41) is 2.68. The molecule has 28 heavy (non-hydrogen) atoms. The summed E-state index contributed by atoms with van der Waals surface area (Å²) in [6.45, 7) is 3.09. The van der Waals surface area contributed by atoms with Crippen LogP contribution in [0.15, 0.2) is 42.5 Å². The second-order valence-corrected chi connectivity index (χ2v) is 7.14. The number of ether oxygens (including phenoxy) is 2. The van der Waals surface area contributed by atoms with Gasteiger partial charge in [0.2, 0.25) is 0 Å². The fourth-order valence-electron chi connectivity index (χ4n) is 2.46. The topological polar surface area (TPSA) is 81.7 Å². The molecule has 1 amide bonds. The van der Waals surface area contributed by atoms with E-state index in [4.69, 9.17) is 9.47 Å². The van der Waals surface area contributed by atoms with E-state index in [1.165, 1.54) is 18.7 Å². The number of Topliss-reactive ketones (excluding diaryl/α,β-unsaturated/α-hetero) is 1. The average molecular weight is 401 g/mol. The molecule has 2 rings (SSSR count). The minimum atomic E-state index is -0.480. The SMILES string of the molecule is COc1ccc(C(C)=O)cc1CSCC(=O)OCC(=O)Nc1cccc(C)c1. The molecule has 0 unspecified atom stereocenters. The molecular weight excluding hydrogens is 378 g/mol. The number of carbonyl (C=O) groups is 3. The molecule has 0 aliphatic heterocycles. The maximum atomic E-state index is 11.9. The number of hydrogen-bond acceptors (Lipinski definition) is 6. The van der Waals surface area contributed by atoms with Crippen LogP contribution in [-0.4, -0.2) is 37.1 Å². The van der Waals surface area contributed by atoms with Crippen LogP contribution in [0.1, 0.15) is 28.4 Å². The first-order chi connectivity index (χ1) is 13.4. The minimum absolute atomic E-state index is 0.0343. The summed E-state index contributed by atoms with van der Waals surface area (Å²) in [5.41, 5.74) is 3.10. The summed E-state index contributed by atoms with van der Waals surface area (Å²) in [6.07, 6.45) is 0. The Hall–Kier alpha value is -2.80. The fourth-order valence-corrected chi connectivity index (χ4v) is 3.26. The number of rotatable bonds is 9. The van der Waals surface area contributed by atoms with Crippen molar-refractivity contribution in [3.05, 3.63) is 59.2 Å². The van der Waals surface area contributed by atoms with Crippen LogP contribution in [0.4, 0.5) is 5.69 Å². The number of esters is 1. The Bertz CT molecular complexity index is 866. The lowest BCUT2D eigenvalue weighted by Gasteiger charge is -2.10.